The van der Waals surface area contributed by atoms with Gasteiger partial charge >= 0.3 is 0 Å². The SMILES string of the molecule is COC[C@@H]1CCCN1CC(O)C(C)(C)C. The largest absolute Gasteiger partial charge is 0.391 e. The molecule has 0 saturated carbocycles. The van der Waals surface area contributed by atoms with E-state index in [2.05, 4.69) is 25.7 Å². The second kappa shape index (κ2) is 5.28. The van der Waals surface area contributed by atoms with E-state index in [0.29, 0.717) is 6.04 Å². The second-order valence-electron chi connectivity index (χ2n) is 5.63. The van der Waals surface area contributed by atoms with Crippen LogP contribution in [0.5, 0.6) is 0 Å². The molecular weight excluding hydrogens is 190 g/mol. The number of hydrogen-bond acceptors (Lipinski definition) is 3. The van der Waals surface area contributed by atoms with Gasteiger partial charge in [0.2, 0.25) is 0 Å². The highest BCUT2D eigenvalue weighted by Crippen LogP contribution is 2.24. The zero-order valence-electron chi connectivity index (χ0n) is 10.5. The molecule has 0 bridgehead atoms. The lowest BCUT2D eigenvalue weighted by Crippen LogP contribution is -2.43. The molecule has 2 atom stereocenters. The fourth-order valence-electron chi connectivity index (χ4n) is 2.01. The number of hydrogen-bond donors (Lipinski definition) is 1. The molecule has 1 aliphatic rings. The summed E-state index contributed by atoms with van der Waals surface area (Å²) in [4.78, 5) is 2.36. The maximum absolute atomic E-state index is 10.0. The molecule has 0 aromatic heterocycles. The molecule has 0 aromatic carbocycles. The Morgan fingerprint density at radius 2 is 2.13 bits per heavy atom. The number of aliphatic hydroxyl groups is 1. The molecule has 15 heavy (non-hydrogen) atoms. The van der Waals surface area contributed by atoms with Crippen LogP contribution in [-0.4, -0.2) is 49.0 Å². The van der Waals surface area contributed by atoms with Crippen molar-refractivity contribution in [2.45, 2.75) is 45.8 Å². The summed E-state index contributed by atoms with van der Waals surface area (Å²) >= 11 is 0. The standard InChI is InChI=1S/C12H25NO2/c1-12(2,3)11(14)8-13-7-5-6-10(13)9-15-4/h10-11,14H,5-9H2,1-4H3/t10-,11?/m0/s1. The van der Waals surface area contributed by atoms with Crippen LogP contribution >= 0.6 is 0 Å². The van der Waals surface area contributed by atoms with Crippen molar-refractivity contribution in [1.82, 2.24) is 4.90 Å². The van der Waals surface area contributed by atoms with Crippen molar-refractivity contribution in [2.24, 2.45) is 5.41 Å². The minimum absolute atomic E-state index is 0.0276. The third-order valence-corrected chi connectivity index (χ3v) is 3.27. The van der Waals surface area contributed by atoms with Crippen LogP contribution in [0.2, 0.25) is 0 Å². The monoisotopic (exact) mass is 215 g/mol. The first kappa shape index (κ1) is 12.9. The zero-order valence-corrected chi connectivity index (χ0v) is 10.5. The average Bonchev–Trinajstić information content (AvgIpc) is 2.52. The quantitative estimate of drug-likeness (QED) is 0.771. The molecule has 1 saturated heterocycles. The maximum Gasteiger partial charge on any atom is 0.0715 e. The molecule has 0 amide bonds. The molecule has 1 fully saturated rings. The van der Waals surface area contributed by atoms with Gasteiger partial charge in [-0.15, -0.1) is 0 Å². The first-order valence-electron chi connectivity index (χ1n) is 5.86. The van der Waals surface area contributed by atoms with E-state index in [1.165, 1.54) is 12.8 Å². The van der Waals surface area contributed by atoms with Gasteiger partial charge in [0.15, 0.2) is 0 Å². The summed E-state index contributed by atoms with van der Waals surface area (Å²) in [6, 6.07) is 0.506. The third kappa shape index (κ3) is 3.74. The van der Waals surface area contributed by atoms with Gasteiger partial charge in [0.1, 0.15) is 0 Å². The Kier molecular flexibility index (Phi) is 4.56. The van der Waals surface area contributed by atoms with Crippen LogP contribution in [-0.2, 0) is 4.74 Å². The molecule has 90 valence electrons. The molecule has 0 radical (unpaired) electrons. The molecule has 1 rings (SSSR count). The molecule has 3 nitrogen and oxygen atoms in total. The lowest BCUT2D eigenvalue weighted by atomic mass is 9.89. The lowest BCUT2D eigenvalue weighted by Gasteiger charge is -2.32. The van der Waals surface area contributed by atoms with Gasteiger partial charge in [-0.25, -0.2) is 0 Å². The Morgan fingerprint density at radius 1 is 1.47 bits per heavy atom. The van der Waals surface area contributed by atoms with E-state index >= 15 is 0 Å². The van der Waals surface area contributed by atoms with Gasteiger partial charge in [-0.05, 0) is 24.8 Å². The Bertz CT molecular complexity index is 189. The maximum atomic E-state index is 10.0. The normalized spacial score (nSPS) is 25.8. The predicted octanol–water partition coefficient (Wildman–Crippen LogP) is 1.50. The number of rotatable bonds is 4. The number of aliphatic hydroxyl groups excluding tert-OH is 1. The van der Waals surface area contributed by atoms with Crippen LogP contribution in [0.15, 0.2) is 0 Å². The van der Waals surface area contributed by atoms with Gasteiger partial charge in [-0.1, -0.05) is 20.8 Å². The van der Waals surface area contributed by atoms with Crippen LogP contribution in [0.1, 0.15) is 33.6 Å². The predicted molar refractivity (Wildman–Crippen MR) is 61.9 cm³/mol. The molecule has 0 aromatic rings. The molecular formula is C12H25NO2. The molecule has 1 N–H and O–H groups in total. The molecule has 1 unspecified atom stereocenters. The van der Waals surface area contributed by atoms with Crippen LogP contribution in [0.3, 0.4) is 0 Å². The number of β-amino-alcohol motifs (C(OH)–C–C–N with tert-alkyl or cyclic N) is 1. The fraction of sp³-hybridized carbons (Fsp3) is 1.00. The lowest BCUT2D eigenvalue weighted by molar-refractivity contribution is 0.0140. The van der Waals surface area contributed by atoms with Crippen molar-refractivity contribution >= 4 is 0 Å². The highest BCUT2D eigenvalue weighted by atomic mass is 16.5. The van der Waals surface area contributed by atoms with Crippen LogP contribution in [0, 0.1) is 5.41 Å². The van der Waals surface area contributed by atoms with Gasteiger partial charge in [-0.3, -0.25) is 4.90 Å². The third-order valence-electron chi connectivity index (χ3n) is 3.27. The highest BCUT2D eigenvalue weighted by molar-refractivity contribution is 4.84. The highest BCUT2D eigenvalue weighted by Gasteiger charge is 2.30. The van der Waals surface area contributed by atoms with E-state index in [0.717, 1.165) is 19.7 Å². The van der Waals surface area contributed by atoms with Crippen LogP contribution in [0.4, 0.5) is 0 Å². The van der Waals surface area contributed by atoms with E-state index < -0.39 is 0 Å². The summed E-state index contributed by atoms with van der Waals surface area (Å²) in [7, 11) is 1.75. The fourth-order valence-corrected chi connectivity index (χ4v) is 2.01. The van der Waals surface area contributed by atoms with Gasteiger partial charge < -0.3 is 9.84 Å². The Balaban J connectivity index is 2.43. The van der Waals surface area contributed by atoms with Gasteiger partial charge in [0.05, 0.1) is 12.7 Å². The molecule has 3 heteroatoms. The van der Waals surface area contributed by atoms with E-state index in [9.17, 15) is 5.11 Å². The summed E-state index contributed by atoms with van der Waals surface area (Å²) in [6.07, 6.45) is 2.17. The summed E-state index contributed by atoms with van der Waals surface area (Å²) in [5.74, 6) is 0. The first-order chi connectivity index (χ1) is 6.95. The Labute approximate surface area is 93.4 Å². The van der Waals surface area contributed by atoms with Crippen LogP contribution in [0.25, 0.3) is 0 Å². The van der Waals surface area contributed by atoms with Crippen molar-refractivity contribution in [3.05, 3.63) is 0 Å². The molecule has 0 aliphatic carbocycles. The van der Waals surface area contributed by atoms with Crippen molar-refractivity contribution in [3.63, 3.8) is 0 Å². The van der Waals surface area contributed by atoms with E-state index in [1.54, 1.807) is 7.11 Å². The summed E-state index contributed by atoms with van der Waals surface area (Å²) in [5, 5.41) is 10.0. The van der Waals surface area contributed by atoms with E-state index in [1.807, 2.05) is 0 Å². The van der Waals surface area contributed by atoms with Crippen molar-refractivity contribution in [3.8, 4) is 0 Å². The van der Waals surface area contributed by atoms with Crippen molar-refractivity contribution < 1.29 is 9.84 Å². The molecule has 1 heterocycles. The summed E-state index contributed by atoms with van der Waals surface area (Å²) in [6.45, 7) is 8.91. The number of methoxy groups -OCH3 is 1. The topological polar surface area (TPSA) is 32.7 Å². The zero-order chi connectivity index (χ0) is 11.5. The molecule has 0 spiro atoms. The van der Waals surface area contributed by atoms with Crippen LogP contribution < -0.4 is 0 Å². The number of likely N-dealkylation sites (tertiary alicyclic amines) is 1. The molecule has 1 aliphatic heterocycles. The Morgan fingerprint density at radius 3 is 2.67 bits per heavy atom. The summed E-state index contributed by atoms with van der Waals surface area (Å²) in [5.41, 5.74) is -0.0276. The number of nitrogens with zero attached hydrogens (tertiary/aromatic N) is 1. The van der Waals surface area contributed by atoms with Crippen molar-refractivity contribution in [2.75, 3.05) is 26.8 Å². The van der Waals surface area contributed by atoms with Gasteiger partial charge in [-0.2, -0.15) is 0 Å². The average molecular weight is 215 g/mol. The Hall–Kier alpha value is -0.120. The minimum Gasteiger partial charge on any atom is -0.391 e. The smallest absolute Gasteiger partial charge is 0.0715 e. The van der Waals surface area contributed by atoms with Gasteiger partial charge in [0.25, 0.3) is 0 Å². The van der Waals surface area contributed by atoms with E-state index in [-0.39, 0.29) is 11.5 Å². The first-order valence-corrected chi connectivity index (χ1v) is 5.86. The van der Waals surface area contributed by atoms with E-state index in [4.69, 9.17) is 4.74 Å². The summed E-state index contributed by atoms with van der Waals surface area (Å²) < 4.78 is 5.20. The number of ether oxygens (including phenoxy) is 1. The minimum atomic E-state index is -0.255. The second-order valence-corrected chi connectivity index (χ2v) is 5.63. The van der Waals surface area contributed by atoms with Crippen molar-refractivity contribution in [1.29, 1.82) is 0 Å². The van der Waals surface area contributed by atoms with Gasteiger partial charge in [0, 0.05) is 19.7 Å².